The SMILES string of the molecule is CCC1CCC(N)C(CN2CCOCC2CC)C1. The average Bonchev–Trinajstić information content (AvgIpc) is 2.42. The summed E-state index contributed by atoms with van der Waals surface area (Å²) in [5.41, 5.74) is 6.34. The fraction of sp³-hybridized carbons (Fsp3) is 1.00. The minimum atomic E-state index is 0.424. The summed E-state index contributed by atoms with van der Waals surface area (Å²) < 4.78 is 5.59. The van der Waals surface area contributed by atoms with Gasteiger partial charge >= 0.3 is 0 Å². The maximum Gasteiger partial charge on any atom is 0.0622 e. The van der Waals surface area contributed by atoms with Crippen LogP contribution >= 0.6 is 0 Å². The van der Waals surface area contributed by atoms with Gasteiger partial charge in [-0.15, -0.1) is 0 Å². The Morgan fingerprint density at radius 2 is 2.06 bits per heavy atom. The van der Waals surface area contributed by atoms with Gasteiger partial charge in [-0.1, -0.05) is 20.3 Å². The zero-order valence-electron chi connectivity index (χ0n) is 12.1. The minimum Gasteiger partial charge on any atom is -0.378 e. The Morgan fingerprint density at radius 3 is 2.78 bits per heavy atom. The van der Waals surface area contributed by atoms with E-state index < -0.39 is 0 Å². The zero-order valence-corrected chi connectivity index (χ0v) is 12.1. The summed E-state index contributed by atoms with van der Waals surface area (Å²) in [7, 11) is 0. The fourth-order valence-electron chi connectivity index (χ4n) is 3.57. The van der Waals surface area contributed by atoms with Crippen LogP contribution in [0.2, 0.25) is 0 Å². The monoisotopic (exact) mass is 254 g/mol. The molecule has 1 saturated heterocycles. The lowest BCUT2D eigenvalue weighted by Gasteiger charge is -2.41. The minimum absolute atomic E-state index is 0.424. The molecule has 0 radical (unpaired) electrons. The standard InChI is InChI=1S/C15H30N2O/c1-3-12-5-6-15(16)13(9-12)10-17-7-8-18-11-14(17)4-2/h12-15H,3-11,16H2,1-2H3. The maximum atomic E-state index is 6.34. The molecule has 1 aliphatic carbocycles. The van der Waals surface area contributed by atoms with E-state index in [1.807, 2.05) is 0 Å². The normalized spacial score (nSPS) is 38.8. The topological polar surface area (TPSA) is 38.5 Å². The van der Waals surface area contributed by atoms with Crippen LogP contribution in [0.5, 0.6) is 0 Å². The van der Waals surface area contributed by atoms with E-state index in [9.17, 15) is 0 Å². The predicted molar refractivity (Wildman–Crippen MR) is 75.6 cm³/mol. The third-order valence-corrected chi connectivity index (χ3v) is 5.02. The quantitative estimate of drug-likeness (QED) is 0.836. The van der Waals surface area contributed by atoms with E-state index in [2.05, 4.69) is 18.7 Å². The molecule has 2 fully saturated rings. The van der Waals surface area contributed by atoms with Crippen molar-refractivity contribution < 1.29 is 4.74 Å². The number of hydrogen-bond donors (Lipinski definition) is 1. The molecule has 0 aromatic heterocycles. The Kier molecular flexibility index (Phi) is 5.46. The first-order valence-electron chi connectivity index (χ1n) is 7.81. The van der Waals surface area contributed by atoms with Gasteiger partial charge < -0.3 is 10.5 Å². The van der Waals surface area contributed by atoms with Crippen molar-refractivity contribution >= 4 is 0 Å². The van der Waals surface area contributed by atoms with Crippen LogP contribution in [0.15, 0.2) is 0 Å². The van der Waals surface area contributed by atoms with Gasteiger partial charge in [-0.25, -0.2) is 0 Å². The first kappa shape index (κ1) is 14.3. The van der Waals surface area contributed by atoms with Crippen LogP contribution in [0.25, 0.3) is 0 Å². The molecular formula is C15H30N2O. The molecule has 2 N–H and O–H groups in total. The van der Waals surface area contributed by atoms with Crippen LogP contribution in [0.3, 0.4) is 0 Å². The van der Waals surface area contributed by atoms with Crippen LogP contribution in [-0.2, 0) is 4.74 Å². The molecule has 18 heavy (non-hydrogen) atoms. The second-order valence-electron chi connectivity index (χ2n) is 6.14. The number of ether oxygens (including phenoxy) is 1. The number of nitrogens with zero attached hydrogens (tertiary/aromatic N) is 1. The lowest BCUT2D eigenvalue weighted by atomic mass is 9.77. The highest BCUT2D eigenvalue weighted by atomic mass is 16.5. The molecule has 4 unspecified atom stereocenters. The van der Waals surface area contributed by atoms with Gasteiger partial charge in [0, 0.05) is 25.2 Å². The highest BCUT2D eigenvalue weighted by molar-refractivity contribution is 4.86. The first-order valence-corrected chi connectivity index (χ1v) is 7.81. The summed E-state index contributed by atoms with van der Waals surface area (Å²) in [4.78, 5) is 2.63. The highest BCUT2D eigenvalue weighted by Gasteiger charge is 2.31. The Hall–Kier alpha value is -0.120. The second kappa shape index (κ2) is 6.88. The lowest BCUT2D eigenvalue weighted by Crippen LogP contribution is -2.50. The van der Waals surface area contributed by atoms with Crippen LogP contribution in [0.1, 0.15) is 46.0 Å². The van der Waals surface area contributed by atoms with Gasteiger partial charge in [-0.3, -0.25) is 4.90 Å². The van der Waals surface area contributed by atoms with Gasteiger partial charge in [0.15, 0.2) is 0 Å². The first-order chi connectivity index (χ1) is 8.74. The largest absolute Gasteiger partial charge is 0.378 e. The van der Waals surface area contributed by atoms with E-state index in [0.717, 1.165) is 25.7 Å². The van der Waals surface area contributed by atoms with E-state index in [1.165, 1.54) is 38.6 Å². The Balaban J connectivity index is 1.89. The number of morpholine rings is 1. The molecule has 0 amide bonds. The average molecular weight is 254 g/mol. The fourth-order valence-corrected chi connectivity index (χ4v) is 3.57. The third-order valence-electron chi connectivity index (χ3n) is 5.02. The van der Waals surface area contributed by atoms with Crippen molar-refractivity contribution in [2.75, 3.05) is 26.3 Å². The molecule has 1 heterocycles. The van der Waals surface area contributed by atoms with Crippen molar-refractivity contribution in [1.29, 1.82) is 0 Å². The second-order valence-corrected chi connectivity index (χ2v) is 6.14. The van der Waals surface area contributed by atoms with Crippen LogP contribution < -0.4 is 5.73 Å². The maximum absolute atomic E-state index is 6.34. The Bertz CT molecular complexity index is 247. The van der Waals surface area contributed by atoms with E-state index in [1.54, 1.807) is 0 Å². The van der Waals surface area contributed by atoms with Gasteiger partial charge in [0.1, 0.15) is 0 Å². The zero-order chi connectivity index (χ0) is 13.0. The van der Waals surface area contributed by atoms with Gasteiger partial charge in [-0.2, -0.15) is 0 Å². The number of nitrogens with two attached hydrogens (primary N) is 1. The summed E-state index contributed by atoms with van der Waals surface area (Å²) in [6.07, 6.45) is 6.42. The highest BCUT2D eigenvalue weighted by Crippen LogP contribution is 2.31. The van der Waals surface area contributed by atoms with Gasteiger partial charge in [0.25, 0.3) is 0 Å². The molecule has 1 saturated carbocycles. The van der Waals surface area contributed by atoms with Crippen LogP contribution in [-0.4, -0.2) is 43.3 Å². The van der Waals surface area contributed by atoms with Crippen molar-refractivity contribution in [2.45, 2.75) is 58.0 Å². The van der Waals surface area contributed by atoms with Gasteiger partial charge in [0.2, 0.25) is 0 Å². The lowest BCUT2D eigenvalue weighted by molar-refractivity contribution is -0.0210. The van der Waals surface area contributed by atoms with Crippen molar-refractivity contribution in [2.24, 2.45) is 17.6 Å². The molecule has 0 aromatic carbocycles. The van der Waals surface area contributed by atoms with E-state index in [4.69, 9.17) is 10.5 Å². The summed E-state index contributed by atoms with van der Waals surface area (Å²) in [6.45, 7) is 8.69. The smallest absolute Gasteiger partial charge is 0.0622 e. The van der Waals surface area contributed by atoms with Crippen LogP contribution in [0, 0.1) is 11.8 Å². The molecular weight excluding hydrogens is 224 g/mol. The molecule has 2 aliphatic rings. The molecule has 0 aromatic rings. The molecule has 0 bridgehead atoms. The number of rotatable bonds is 4. The molecule has 3 heteroatoms. The Labute approximate surface area is 112 Å². The molecule has 2 rings (SSSR count). The molecule has 0 spiro atoms. The predicted octanol–water partition coefficient (Wildman–Crippen LogP) is 2.25. The summed E-state index contributed by atoms with van der Waals surface area (Å²) in [5.74, 6) is 1.62. The van der Waals surface area contributed by atoms with E-state index in [-0.39, 0.29) is 0 Å². The summed E-state index contributed by atoms with van der Waals surface area (Å²) >= 11 is 0. The van der Waals surface area contributed by atoms with Gasteiger partial charge in [-0.05, 0) is 37.5 Å². The Morgan fingerprint density at radius 1 is 1.22 bits per heavy atom. The van der Waals surface area contributed by atoms with Crippen molar-refractivity contribution in [3.63, 3.8) is 0 Å². The molecule has 4 atom stereocenters. The number of hydrogen-bond acceptors (Lipinski definition) is 3. The summed E-state index contributed by atoms with van der Waals surface area (Å²) in [5, 5.41) is 0. The molecule has 106 valence electrons. The van der Waals surface area contributed by atoms with Crippen molar-refractivity contribution in [1.82, 2.24) is 4.90 Å². The molecule has 1 aliphatic heterocycles. The van der Waals surface area contributed by atoms with E-state index >= 15 is 0 Å². The van der Waals surface area contributed by atoms with E-state index in [0.29, 0.717) is 18.0 Å². The summed E-state index contributed by atoms with van der Waals surface area (Å²) in [6, 6.07) is 1.04. The van der Waals surface area contributed by atoms with Crippen LogP contribution in [0.4, 0.5) is 0 Å². The van der Waals surface area contributed by atoms with Gasteiger partial charge in [0.05, 0.1) is 13.2 Å². The van der Waals surface area contributed by atoms with Crippen molar-refractivity contribution in [3.8, 4) is 0 Å². The third kappa shape index (κ3) is 3.46. The van der Waals surface area contributed by atoms with Crippen molar-refractivity contribution in [3.05, 3.63) is 0 Å². The molecule has 3 nitrogen and oxygen atoms in total.